The minimum atomic E-state index is -0.829. The minimum Gasteiger partial charge on any atom is -0.462 e. The van der Waals surface area contributed by atoms with Crippen LogP contribution in [0.3, 0.4) is 0 Å². The lowest BCUT2D eigenvalue weighted by molar-refractivity contribution is -0.166. The maximum Gasteiger partial charge on any atom is 0.306 e. The SMILES string of the molecule is CC/C=C\C/C=C\C/C=C\C/C=C\C/C=C\C/C=C\C/C=C\C/C=C\CCCCCCCCC(=O)OCC(COC(=O)CC/C=C\C/C=C\C/C=C\C/C=C\CC)OC(=O)CCCCCCC/C=C\C/C=C\CCCC. The van der Waals surface area contributed by atoms with E-state index in [4.69, 9.17) is 14.2 Å². The largest absolute Gasteiger partial charge is 0.462 e. The van der Waals surface area contributed by atoms with Crippen LogP contribution in [-0.2, 0) is 28.6 Å². The molecule has 0 fully saturated rings. The standard InChI is InChI=1S/C70H108O6/c1-4-7-10-13-16-19-22-25-27-28-29-30-31-32-33-34-35-36-37-38-39-40-41-42-43-46-48-51-54-57-60-63-69(72)75-66-67(65-74-68(71)62-59-56-53-50-47-44-24-21-18-15-12-9-6-3)76-70(73)64-61-58-55-52-49-45-26-23-20-17-14-11-8-5-2/h7,9-10,12,14,16-19,21,23,25-27,29-30,32-33,35-36,38-39,41-42,44,47,53,56,67H,4-6,8,11,13,15,20,22,24,28,31,34,37,40,43,45-46,48-52,54-55,57-66H2,1-3H3/b10-7-,12-9-,17-14-,19-16-,21-18-,26-23-,27-25-,30-29-,33-32-,36-35-,39-38-,42-41-,47-44-,56-53-. The number of esters is 3. The zero-order valence-corrected chi connectivity index (χ0v) is 48.4. The summed E-state index contributed by atoms with van der Waals surface area (Å²) in [5.74, 6) is -1.04. The van der Waals surface area contributed by atoms with E-state index < -0.39 is 6.10 Å². The monoisotopic (exact) mass is 1040 g/mol. The van der Waals surface area contributed by atoms with E-state index in [1.807, 2.05) is 12.2 Å². The van der Waals surface area contributed by atoms with E-state index >= 15 is 0 Å². The Labute approximate surface area is 466 Å². The summed E-state index contributed by atoms with van der Waals surface area (Å²) in [6.07, 6.45) is 92.3. The summed E-state index contributed by atoms with van der Waals surface area (Å²) in [6.45, 7) is 6.26. The molecule has 0 heterocycles. The highest BCUT2D eigenvalue weighted by Crippen LogP contribution is 2.13. The van der Waals surface area contributed by atoms with Crippen LogP contribution in [0.1, 0.15) is 233 Å². The Kier molecular flexibility index (Phi) is 58.0. The second-order valence-electron chi connectivity index (χ2n) is 19.1. The van der Waals surface area contributed by atoms with Crippen LogP contribution in [0.2, 0.25) is 0 Å². The molecule has 1 atom stereocenters. The molecule has 0 bridgehead atoms. The van der Waals surface area contributed by atoms with Crippen molar-refractivity contribution >= 4 is 17.9 Å². The molecule has 0 aromatic rings. The van der Waals surface area contributed by atoms with E-state index in [0.717, 1.165) is 154 Å². The molecule has 0 radical (unpaired) electrons. The maximum absolute atomic E-state index is 12.8. The molecule has 0 aromatic heterocycles. The van der Waals surface area contributed by atoms with Gasteiger partial charge in [-0.25, -0.2) is 0 Å². The number of carbonyl (C=O) groups excluding carboxylic acids is 3. The van der Waals surface area contributed by atoms with E-state index in [2.05, 4.69) is 179 Å². The number of ether oxygens (including phenoxy) is 3. The Morgan fingerprint density at radius 1 is 0.276 bits per heavy atom. The van der Waals surface area contributed by atoms with Crippen molar-refractivity contribution in [2.75, 3.05) is 13.2 Å². The minimum absolute atomic E-state index is 0.121. The fourth-order valence-corrected chi connectivity index (χ4v) is 7.49. The Hall–Kier alpha value is -5.23. The summed E-state index contributed by atoms with van der Waals surface area (Å²) in [7, 11) is 0. The predicted molar refractivity (Wildman–Crippen MR) is 329 cm³/mol. The summed E-state index contributed by atoms with van der Waals surface area (Å²) in [6, 6.07) is 0. The van der Waals surface area contributed by atoms with E-state index in [1.54, 1.807) is 0 Å². The lowest BCUT2D eigenvalue weighted by Gasteiger charge is -2.18. The molecule has 424 valence electrons. The quantitative estimate of drug-likeness (QED) is 0.0261. The summed E-state index contributed by atoms with van der Waals surface area (Å²) < 4.78 is 16.8. The Morgan fingerprint density at radius 3 is 0.882 bits per heavy atom. The Balaban J connectivity index is 4.39. The number of rotatable bonds is 52. The molecule has 0 aromatic carbocycles. The molecular formula is C70H108O6. The van der Waals surface area contributed by atoms with Crippen LogP contribution in [0, 0.1) is 0 Å². The number of allylic oxidation sites excluding steroid dienone is 28. The summed E-state index contributed by atoms with van der Waals surface area (Å²) >= 11 is 0. The summed E-state index contributed by atoms with van der Waals surface area (Å²) in [4.78, 5) is 38.1. The number of carbonyl (C=O) groups is 3. The van der Waals surface area contributed by atoms with Crippen LogP contribution in [0.15, 0.2) is 170 Å². The second-order valence-corrected chi connectivity index (χ2v) is 19.1. The zero-order chi connectivity index (χ0) is 55.0. The first kappa shape index (κ1) is 70.8. The molecule has 0 saturated heterocycles. The van der Waals surface area contributed by atoms with Crippen LogP contribution in [0.5, 0.6) is 0 Å². The molecule has 0 amide bonds. The molecule has 6 heteroatoms. The lowest BCUT2D eigenvalue weighted by Crippen LogP contribution is -2.30. The van der Waals surface area contributed by atoms with Crippen molar-refractivity contribution in [2.24, 2.45) is 0 Å². The van der Waals surface area contributed by atoms with Gasteiger partial charge in [0, 0.05) is 19.3 Å². The van der Waals surface area contributed by atoms with Crippen LogP contribution in [-0.4, -0.2) is 37.2 Å². The normalized spacial score (nSPS) is 13.4. The molecule has 0 rings (SSSR count). The van der Waals surface area contributed by atoms with Gasteiger partial charge in [0.1, 0.15) is 13.2 Å². The number of hydrogen-bond donors (Lipinski definition) is 0. The first-order chi connectivity index (χ1) is 37.5. The van der Waals surface area contributed by atoms with Crippen molar-refractivity contribution in [3.8, 4) is 0 Å². The highest BCUT2D eigenvalue weighted by atomic mass is 16.6. The lowest BCUT2D eigenvalue weighted by atomic mass is 10.1. The van der Waals surface area contributed by atoms with E-state index in [9.17, 15) is 14.4 Å². The average molecular weight is 1050 g/mol. The van der Waals surface area contributed by atoms with Crippen LogP contribution in [0.25, 0.3) is 0 Å². The fraction of sp³-hybridized carbons (Fsp3) is 0.557. The van der Waals surface area contributed by atoms with Crippen LogP contribution < -0.4 is 0 Å². The third-order valence-electron chi connectivity index (χ3n) is 11.9. The molecule has 0 N–H and O–H groups in total. The molecule has 0 aliphatic carbocycles. The fourth-order valence-electron chi connectivity index (χ4n) is 7.49. The highest BCUT2D eigenvalue weighted by Gasteiger charge is 2.19. The van der Waals surface area contributed by atoms with Gasteiger partial charge in [0.05, 0.1) is 0 Å². The molecule has 0 spiro atoms. The van der Waals surface area contributed by atoms with E-state index in [1.165, 1.54) is 32.1 Å². The summed E-state index contributed by atoms with van der Waals surface area (Å²) in [5, 5.41) is 0. The third kappa shape index (κ3) is 59.6. The van der Waals surface area contributed by atoms with E-state index in [-0.39, 0.29) is 44.0 Å². The third-order valence-corrected chi connectivity index (χ3v) is 11.9. The van der Waals surface area contributed by atoms with Gasteiger partial charge in [-0.2, -0.15) is 0 Å². The van der Waals surface area contributed by atoms with Gasteiger partial charge in [-0.1, -0.05) is 249 Å². The molecule has 0 aliphatic heterocycles. The average Bonchev–Trinajstić information content (AvgIpc) is 3.42. The predicted octanol–water partition coefficient (Wildman–Crippen LogP) is 20.7. The highest BCUT2D eigenvalue weighted by molar-refractivity contribution is 5.71. The van der Waals surface area contributed by atoms with Crippen LogP contribution >= 0.6 is 0 Å². The van der Waals surface area contributed by atoms with Gasteiger partial charge in [-0.3, -0.25) is 14.4 Å². The molecule has 6 nitrogen and oxygen atoms in total. The second kappa shape index (κ2) is 62.3. The first-order valence-corrected chi connectivity index (χ1v) is 30.1. The molecular weight excluding hydrogens is 937 g/mol. The van der Waals surface area contributed by atoms with Gasteiger partial charge in [-0.15, -0.1) is 0 Å². The summed E-state index contributed by atoms with van der Waals surface area (Å²) in [5.41, 5.74) is 0. The zero-order valence-electron chi connectivity index (χ0n) is 48.4. The smallest absolute Gasteiger partial charge is 0.306 e. The van der Waals surface area contributed by atoms with Crippen molar-refractivity contribution in [1.29, 1.82) is 0 Å². The van der Waals surface area contributed by atoms with Gasteiger partial charge < -0.3 is 14.2 Å². The van der Waals surface area contributed by atoms with Crippen molar-refractivity contribution in [2.45, 2.75) is 239 Å². The van der Waals surface area contributed by atoms with Gasteiger partial charge in [0.2, 0.25) is 0 Å². The van der Waals surface area contributed by atoms with Crippen molar-refractivity contribution in [1.82, 2.24) is 0 Å². The number of hydrogen-bond acceptors (Lipinski definition) is 6. The van der Waals surface area contributed by atoms with E-state index in [0.29, 0.717) is 12.8 Å². The Bertz CT molecular complexity index is 1770. The molecule has 1 unspecified atom stereocenters. The number of unbranched alkanes of at least 4 members (excludes halogenated alkanes) is 13. The van der Waals surface area contributed by atoms with Gasteiger partial charge in [0.25, 0.3) is 0 Å². The van der Waals surface area contributed by atoms with Crippen molar-refractivity contribution < 1.29 is 28.6 Å². The first-order valence-electron chi connectivity index (χ1n) is 30.1. The molecule has 0 aliphatic rings. The molecule has 76 heavy (non-hydrogen) atoms. The van der Waals surface area contributed by atoms with Crippen molar-refractivity contribution in [3.05, 3.63) is 170 Å². The maximum atomic E-state index is 12.8. The van der Waals surface area contributed by atoms with Gasteiger partial charge in [0.15, 0.2) is 6.10 Å². The van der Waals surface area contributed by atoms with Gasteiger partial charge >= 0.3 is 17.9 Å². The molecule has 0 saturated carbocycles. The topological polar surface area (TPSA) is 78.9 Å². The Morgan fingerprint density at radius 2 is 0.539 bits per heavy atom. The van der Waals surface area contributed by atoms with Crippen LogP contribution in [0.4, 0.5) is 0 Å². The van der Waals surface area contributed by atoms with Crippen molar-refractivity contribution in [3.63, 3.8) is 0 Å². The van der Waals surface area contributed by atoms with Gasteiger partial charge in [-0.05, 0) is 135 Å².